The quantitative estimate of drug-likeness (QED) is 0.725. The van der Waals surface area contributed by atoms with Crippen LogP contribution in [0.2, 0.25) is 0 Å². The molecule has 1 aliphatic heterocycles. The smallest absolute Gasteiger partial charge is 0.416 e. The Hall–Kier alpha value is -3.07. The lowest BCUT2D eigenvalue weighted by molar-refractivity contribution is -0.146. The molecule has 0 aromatic heterocycles. The standard InChI is InChI=1S/C21H21F3N2O4/c1-30-20(29)18-10-16(12-26(18)11-13-2-8-17(27)9-3-13)25-19(28)14-4-6-15(7-5-14)21(22,23)24/h2-9,16,18,27H,10-12H2,1H3,(H,25,28)/t16-,18+/m1/s1. The van der Waals surface area contributed by atoms with Crippen molar-refractivity contribution in [2.45, 2.75) is 31.2 Å². The summed E-state index contributed by atoms with van der Waals surface area (Å²) in [5.41, 5.74) is 0.150. The third-order valence-electron chi connectivity index (χ3n) is 5.01. The summed E-state index contributed by atoms with van der Waals surface area (Å²) >= 11 is 0. The van der Waals surface area contributed by atoms with Gasteiger partial charge in [0, 0.05) is 24.7 Å². The highest BCUT2D eigenvalue weighted by Gasteiger charge is 2.38. The summed E-state index contributed by atoms with van der Waals surface area (Å²) in [5.74, 6) is -0.810. The van der Waals surface area contributed by atoms with Crippen molar-refractivity contribution in [1.29, 1.82) is 0 Å². The van der Waals surface area contributed by atoms with Gasteiger partial charge in [-0.1, -0.05) is 12.1 Å². The summed E-state index contributed by atoms with van der Waals surface area (Å²) in [5, 5.41) is 12.2. The van der Waals surface area contributed by atoms with Crippen LogP contribution in [0.1, 0.15) is 27.9 Å². The number of hydrogen-bond donors (Lipinski definition) is 2. The Morgan fingerprint density at radius 1 is 1.13 bits per heavy atom. The molecule has 1 aliphatic rings. The number of ether oxygens (including phenoxy) is 1. The van der Waals surface area contributed by atoms with Gasteiger partial charge in [-0.25, -0.2) is 0 Å². The molecule has 0 radical (unpaired) electrons. The number of nitrogens with one attached hydrogen (secondary N) is 1. The molecule has 6 nitrogen and oxygen atoms in total. The van der Waals surface area contributed by atoms with Gasteiger partial charge in [-0.3, -0.25) is 14.5 Å². The minimum absolute atomic E-state index is 0.106. The number of amides is 1. The van der Waals surface area contributed by atoms with Crippen LogP contribution in [-0.2, 0) is 22.3 Å². The van der Waals surface area contributed by atoms with Crippen molar-refractivity contribution < 1.29 is 32.6 Å². The van der Waals surface area contributed by atoms with Crippen molar-refractivity contribution in [2.75, 3.05) is 13.7 Å². The molecule has 3 rings (SSSR count). The van der Waals surface area contributed by atoms with Crippen molar-refractivity contribution in [3.05, 3.63) is 65.2 Å². The van der Waals surface area contributed by atoms with Crippen molar-refractivity contribution in [3.63, 3.8) is 0 Å². The Morgan fingerprint density at radius 3 is 2.33 bits per heavy atom. The molecule has 1 saturated heterocycles. The third-order valence-corrected chi connectivity index (χ3v) is 5.01. The molecular formula is C21H21F3N2O4. The monoisotopic (exact) mass is 422 g/mol. The minimum atomic E-state index is -4.47. The molecule has 0 bridgehead atoms. The highest BCUT2D eigenvalue weighted by atomic mass is 19.4. The molecule has 0 aliphatic carbocycles. The first kappa shape index (κ1) is 21.6. The number of phenolic OH excluding ortho intramolecular Hbond substituents is 1. The number of carbonyl (C=O) groups excluding carboxylic acids is 2. The first-order valence-corrected chi connectivity index (χ1v) is 9.25. The van der Waals surface area contributed by atoms with Crippen LogP contribution in [0.3, 0.4) is 0 Å². The largest absolute Gasteiger partial charge is 0.508 e. The minimum Gasteiger partial charge on any atom is -0.508 e. The van der Waals surface area contributed by atoms with E-state index in [4.69, 9.17) is 4.74 Å². The fourth-order valence-corrected chi connectivity index (χ4v) is 3.48. The van der Waals surface area contributed by atoms with E-state index in [2.05, 4.69) is 5.32 Å². The first-order valence-electron chi connectivity index (χ1n) is 9.25. The number of nitrogens with zero attached hydrogens (tertiary/aromatic N) is 1. The number of carbonyl (C=O) groups is 2. The SMILES string of the molecule is COC(=O)[C@@H]1C[C@@H](NC(=O)c2ccc(C(F)(F)F)cc2)CN1Cc1ccc(O)cc1. The van der Waals surface area contributed by atoms with Crippen LogP contribution in [0.25, 0.3) is 0 Å². The van der Waals surface area contributed by atoms with Gasteiger partial charge >= 0.3 is 12.1 Å². The van der Waals surface area contributed by atoms with Gasteiger partial charge in [-0.15, -0.1) is 0 Å². The van der Waals surface area contributed by atoms with E-state index in [1.807, 2.05) is 4.90 Å². The second-order valence-electron chi connectivity index (χ2n) is 7.12. The number of likely N-dealkylation sites (tertiary alicyclic amines) is 1. The van der Waals surface area contributed by atoms with Gasteiger partial charge in [-0.2, -0.15) is 13.2 Å². The highest BCUT2D eigenvalue weighted by Crippen LogP contribution is 2.29. The van der Waals surface area contributed by atoms with Gasteiger partial charge in [0.1, 0.15) is 11.8 Å². The summed E-state index contributed by atoms with van der Waals surface area (Å²) in [6, 6.07) is 9.58. The number of methoxy groups -OCH3 is 1. The number of alkyl halides is 3. The topological polar surface area (TPSA) is 78.9 Å². The van der Waals surface area contributed by atoms with E-state index >= 15 is 0 Å². The van der Waals surface area contributed by atoms with Crippen molar-refractivity contribution in [2.24, 2.45) is 0 Å². The fourth-order valence-electron chi connectivity index (χ4n) is 3.48. The normalized spacial score (nSPS) is 19.5. The predicted molar refractivity (Wildman–Crippen MR) is 102 cm³/mol. The zero-order valence-electron chi connectivity index (χ0n) is 16.1. The third kappa shape index (κ3) is 5.10. The van der Waals surface area contributed by atoms with E-state index in [1.54, 1.807) is 24.3 Å². The van der Waals surface area contributed by atoms with Gasteiger partial charge in [0.2, 0.25) is 0 Å². The lowest BCUT2D eigenvalue weighted by Gasteiger charge is -2.22. The van der Waals surface area contributed by atoms with E-state index in [9.17, 15) is 27.9 Å². The Balaban J connectivity index is 1.68. The Bertz CT molecular complexity index is 898. The van der Waals surface area contributed by atoms with Crippen LogP contribution < -0.4 is 5.32 Å². The van der Waals surface area contributed by atoms with Crippen LogP contribution in [0.5, 0.6) is 5.75 Å². The molecule has 0 saturated carbocycles. The maximum absolute atomic E-state index is 12.7. The molecule has 9 heteroatoms. The van der Waals surface area contributed by atoms with Gasteiger partial charge in [-0.05, 0) is 48.4 Å². The molecule has 2 atom stereocenters. The van der Waals surface area contributed by atoms with Gasteiger partial charge in [0.25, 0.3) is 5.91 Å². The summed E-state index contributed by atoms with van der Waals surface area (Å²) < 4.78 is 42.9. The number of halogens is 3. The molecule has 1 fully saturated rings. The molecule has 160 valence electrons. The summed E-state index contributed by atoms with van der Waals surface area (Å²) in [6.45, 7) is 0.777. The van der Waals surface area contributed by atoms with E-state index in [0.29, 0.717) is 19.5 Å². The highest BCUT2D eigenvalue weighted by molar-refractivity contribution is 5.94. The molecule has 1 amide bonds. The van der Waals surface area contributed by atoms with Gasteiger partial charge in [0.15, 0.2) is 0 Å². The summed E-state index contributed by atoms with van der Waals surface area (Å²) in [7, 11) is 1.29. The lowest BCUT2D eigenvalue weighted by atomic mass is 10.1. The summed E-state index contributed by atoms with van der Waals surface area (Å²) in [6.07, 6.45) is -4.15. The van der Waals surface area contributed by atoms with E-state index in [-0.39, 0.29) is 17.4 Å². The average Bonchev–Trinajstić information content (AvgIpc) is 3.10. The number of rotatable bonds is 5. The Morgan fingerprint density at radius 2 is 1.77 bits per heavy atom. The molecule has 1 heterocycles. The number of esters is 1. The van der Waals surface area contributed by atoms with Crippen molar-refractivity contribution in [1.82, 2.24) is 10.2 Å². The fraction of sp³-hybridized carbons (Fsp3) is 0.333. The first-order chi connectivity index (χ1) is 14.2. The Labute approximate surface area is 171 Å². The van der Waals surface area contributed by atoms with E-state index < -0.39 is 29.7 Å². The molecule has 2 N–H and O–H groups in total. The number of phenols is 1. The molecule has 2 aromatic carbocycles. The maximum atomic E-state index is 12.7. The number of aromatic hydroxyl groups is 1. The van der Waals surface area contributed by atoms with Crippen LogP contribution in [0, 0.1) is 0 Å². The van der Waals surface area contributed by atoms with Gasteiger partial charge in [0.05, 0.1) is 12.7 Å². The molecule has 30 heavy (non-hydrogen) atoms. The van der Waals surface area contributed by atoms with Crippen molar-refractivity contribution >= 4 is 11.9 Å². The zero-order chi connectivity index (χ0) is 21.9. The summed E-state index contributed by atoms with van der Waals surface area (Å²) in [4.78, 5) is 26.5. The zero-order valence-corrected chi connectivity index (χ0v) is 16.1. The van der Waals surface area contributed by atoms with Crippen LogP contribution in [0.4, 0.5) is 13.2 Å². The number of hydrogen-bond acceptors (Lipinski definition) is 5. The lowest BCUT2D eigenvalue weighted by Crippen LogP contribution is -2.37. The van der Waals surface area contributed by atoms with E-state index in [0.717, 1.165) is 29.8 Å². The van der Waals surface area contributed by atoms with E-state index in [1.165, 1.54) is 7.11 Å². The molecule has 2 aromatic rings. The van der Waals surface area contributed by atoms with Crippen LogP contribution in [-0.4, -0.2) is 47.6 Å². The van der Waals surface area contributed by atoms with Crippen LogP contribution >= 0.6 is 0 Å². The predicted octanol–water partition coefficient (Wildman–Crippen LogP) is 2.96. The maximum Gasteiger partial charge on any atom is 0.416 e. The molecule has 0 unspecified atom stereocenters. The number of benzene rings is 2. The van der Waals surface area contributed by atoms with Crippen LogP contribution in [0.15, 0.2) is 48.5 Å². The molecular weight excluding hydrogens is 401 g/mol. The van der Waals surface area contributed by atoms with Gasteiger partial charge < -0.3 is 15.2 Å². The second kappa shape index (κ2) is 8.74. The molecule has 0 spiro atoms. The van der Waals surface area contributed by atoms with Crippen molar-refractivity contribution in [3.8, 4) is 5.75 Å². The second-order valence-corrected chi connectivity index (χ2v) is 7.12. The average molecular weight is 422 g/mol. The Kier molecular flexibility index (Phi) is 6.31.